The summed E-state index contributed by atoms with van der Waals surface area (Å²) >= 11 is 0. The minimum Gasteiger partial charge on any atom is -0.464 e. The maximum absolute atomic E-state index is 13.2. The van der Waals surface area contributed by atoms with Gasteiger partial charge in [-0.05, 0) is 69.0 Å². The Kier molecular flexibility index (Phi) is 5.01. The van der Waals surface area contributed by atoms with Crippen LogP contribution in [0.15, 0.2) is 40.8 Å². The molecule has 5 heteroatoms. The molecule has 2 heterocycles. The Balaban J connectivity index is 1.51. The lowest BCUT2D eigenvalue weighted by Gasteiger charge is -2.29. The Morgan fingerprint density at radius 2 is 1.78 bits per heavy atom. The van der Waals surface area contributed by atoms with Gasteiger partial charge in [-0.3, -0.25) is 9.59 Å². The minimum atomic E-state index is -0.0112. The highest BCUT2D eigenvalue weighted by atomic mass is 16.3. The third-order valence-corrected chi connectivity index (χ3v) is 5.45. The van der Waals surface area contributed by atoms with Crippen molar-refractivity contribution in [3.05, 3.63) is 53.5 Å². The molecular formula is C22H26N2O3. The lowest BCUT2D eigenvalue weighted by Crippen LogP contribution is -2.34. The molecule has 0 spiro atoms. The number of aryl methyl sites for hydroxylation is 1. The Bertz CT molecular complexity index is 820. The van der Waals surface area contributed by atoms with Gasteiger partial charge in [-0.15, -0.1) is 0 Å². The second kappa shape index (κ2) is 7.59. The van der Waals surface area contributed by atoms with Gasteiger partial charge in [0.05, 0.1) is 6.04 Å². The largest absolute Gasteiger partial charge is 0.464 e. The fourth-order valence-corrected chi connectivity index (χ4v) is 3.73. The number of hydrogen-bond donors (Lipinski definition) is 1. The van der Waals surface area contributed by atoms with Gasteiger partial charge in [0, 0.05) is 23.7 Å². The first kappa shape index (κ1) is 17.8. The van der Waals surface area contributed by atoms with Gasteiger partial charge in [-0.25, -0.2) is 0 Å². The number of hydrogen-bond acceptors (Lipinski definition) is 3. The van der Waals surface area contributed by atoms with E-state index in [0.717, 1.165) is 62.3 Å². The first-order valence-corrected chi connectivity index (χ1v) is 9.90. The fraction of sp³-hybridized carbons (Fsp3) is 0.455. The maximum atomic E-state index is 13.2. The van der Waals surface area contributed by atoms with Crippen LogP contribution in [0.2, 0.25) is 0 Å². The number of nitrogens with one attached hydrogen (secondary N) is 1. The molecule has 1 aliphatic carbocycles. The van der Waals surface area contributed by atoms with Crippen molar-refractivity contribution in [1.82, 2.24) is 4.90 Å². The number of nitrogens with zero attached hydrogens (tertiary/aromatic N) is 1. The Morgan fingerprint density at radius 3 is 2.44 bits per heavy atom. The molecule has 1 aromatic heterocycles. The number of benzene rings is 1. The number of carbonyl (C=O) groups excluding carboxylic acids is 2. The second-order valence-electron chi connectivity index (χ2n) is 7.65. The van der Waals surface area contributed by atoms with Crippen LogP contribution in [-0.2, 0) is 4.79 Å². The molecule has 1 saturated heterocycles. The van der Waals surface area contributed by atoms with E-state index in [9.17, 15) is 9.59 Å². The van der Waals surface area contributed by atoms with E-state index in [2.05, 4.69) is 5.32 Å². The third kappa shape index (κ3) is 4.07. The molecule has 2 fully saturated rings. The molecule has 1 atom stereocenters. The van der Waals surface area contributed by atoms with Crippen LogP contribution in [0.3, 0.4) is 0 Å². The van der Waals surface area contributed by atoms with Crippen LogP contribution in [-0.4, -0.2) is 23.3 Å². The zero-order valence-electron chi connectivity index (χ0n) is 15.7. The van der Waals surface area contributed by atoms with Crippen LogP contribution in [0.25, 0.3) is 0 Å². The molecule has 142 valence electrons. The molecule has 2 aliphatic rings. The monoisotopic (exact) mass is 366 g/mol. The molecule has 5 nitrogen and oxygen atoms in total. The standard InChI is InChI=1S/C22H26N2O3/c1-15-6-13-20(27-15)19-5-3-2-4-14-24(19)22(26)17-9-11-18(12-10-17)23-21(25)16-7-8-16/h6,9-13,16,19H,2-5,7-8,14H2,1H3,(H,23,25)/t19-/m1/s1. The molecule has 4 rings (SSSR count). The van der Waals surface area contributed by atoms with Crippen molar-refractivity contribution < 1.29 is 14.0 Å². The number of likely N-dealkylation sites (tertiary alicyclic amines) is 1. The zero-order valence-corrected chi connectivity index (χ0v) is 15.7. The summed E-state index contributed by atoms with van der Waals surface area (Å²) in [6, 6.07) is 11.2. The number of rotatable bonds is 4. The topological polar surface area (TPSA) is 62.6 Å². The van der Waals surface area contributed by atoms with Gasteiger partial charge in [0.2, 0.25) is 5.91 Å². The number of furan rings is 1. The van der Waals surface area contributed by atoms with E-state index in [-0.39, 0.29) is 23.8 Å². The van der Waals surface area contributed by atoms with Gasteiger partial charge in [0.25, 0.3) is 5.91 Å². The van der Waals surface area contributed by atoms with Crippen molar-refractivity contribution in [2.45, 2.75) is 51.5 Å². The first-order chi connectivity index (χ1) is 13.1. The van der Waals surface area contributed by atoms with Crippen molar-refractivity contribution in [1.29, 1.82) is 0 Å². The van der Waals surface area contributed by atoms with Crippen molar-refractivity contribution in [3.8, 4) is 0 Å². The molecule has 1 aliphatic heterocycles. The molecule has 1 N–H and O–H groups in total. The number of amides is 2. The predicted octanol–water partition coefficient (Wildman–Crippen LogP) is 4.69. The van der Waals surface area contributed by atoms with Gasteiger partial charge in [-0.2, -0.15) is 0 Å². The van der Waals surface area contributed by atoms with Gasteiger partial charge < -0.3 is 14.6 Å². The zero-order chi connectivity index (χ0) is 18.8. The minimum absolute atomic E-state index is 0.0112. The number of carbonyl (C=O) groups is 2. The molecule has 2 amide bonds. The van der Waals surface area contributed by atoms with E-state index >= 15 is 0 Å². The van der Waals surface area contributed by atoms with Crippen LogP contribution in [0.4, 0.5) is 5.69 Å². The van der Waals surface area contributed by atoms with Gasteiger partial charge in [-0.1, -0.05) is 12.8 Å². The number of anilines is 1. The van der Waals surface area contributed by atoms with Gasteiger partial charge in [0.1, 0.15) is 11.5 Å². The van der Waals surface area contributed by atoms with E-state index in [1.54, 1.807) is 12.1 Å². The lowest BCUT2D eigenvalue weighted by molar-refractivity contribution is -0.117. The fourth-order valence-electron chi connectivity index (χ4n) is 3.73. The highest BCUT2D eigenvalue weighted by molar-refractivity contribution is 5.97. The van der Waals surface area contributed by atoms with Crippen molar-refractivity contribution in [2.75, 3.05) is 11.9 Å². The van der Waals surface area contributed by atoms with Crippen LogP contribution >= 0.6 is 0 Å². The van der Waals surface area contributed by atoms with Crippen LogP contribution in [0, 0.1) is 12.8 Å². The Hall–Kier alpha value is -2.56. The van der Waals surface area contributed by atoms with E-state index in [0.29, 0.717) is 5.56 Å². The summed E-state index contributed by atoms with van der Waals surface area (Å²) in [4.78, 5) is 27.0. The predicted molar refractivity (Wildman–Crippen MR) is 103 cm³/mol. The van der Waals surface area contributed by atoms with Crippen molar-refractivity contribution in [2.24, 2.45) is 5.92 Å². The summed E-state index contributed by atoms with van der Waals surface area (Å²) in [5.41, 5.74) is 1.40. The Labute approximate surface area is 159 Å². The second-order valence-corrected chi connectivity index (χ2v) is 7.65. The summed E-state index contributed by atoms with van der Waals surface area (Å²) in [5.74, 6) is 2.01. The normalized spacial score (nSPS) is 20.2. The quantitative estimate of drug-likeness (QED) is 0.853. The van der Waals surface area contributed by atoms with E-state index in [1.807, 2.05) is 36.1 Å². The molecule has 1 saturated carbocycles. The summed E-state index contributed by atoms with van der Waals surface area (Å²) in [7, 11) is 0. The van der Waals surface area contributed by atoms with E-state index < -0.39 is 0 Å². The highest BCUT2D eigenvalue weighted by Crippen LogP contribution is 2.33. The highest BCUT2D eigenvalue weighted by Gasteiger charge is 2.31. The SMILES string of the molecule is Cc1ccc([C@H]2CCCCCN2C(=O)c2ccc(NC(=O)C3CC3)cc2)o1. The molecule has 0 radical (unpaired) electrons. The summed E-state index contributed by atoms with van der Waals surface area (Å²) in [6.07, 6.45) is 6.12. The van der Waals surface area contributed by atoms with Crippen LogP contribution in [0.5, 0.6) is 0 Å². The van der Waals surface area contributed by atoms with Gasteiger partial charge in [0.15, 0.2) is 0 Å². The third-order valence-electron chi connectivity index (χ3n) is 5.45. The van der Waals surface area contributed by atoms with Crippen molar-refractivity contribution in [3.63, 3.8) is 0 Å². The molecular weight excluding hydrogens is 340 g/mol. The van der Waals surface area contributed by atoms with E-state index in [1.165, 1.54) is 0 Å². The van der Waals surface area contributed by atoms with E-state index in [4.69, 9.17) is 4.42 Å². The lowest BCUT2D eigenvalue weighted by atomic mass is 10.1. The molecule has 0 unspecified atom stereocenters. The van der Waals surface area contributed by atoms with Crippen molar-refractivity contribution >= 4 is 17.5 Å². The summed E-state index contributed by atoms with van der Waals surface area (Å²) in [5, 5.41) is 2.92. The van der Waals surface area contributed by atoms with Gasteiger partial charge >= 0.3 is 0 Å². The summed E-state index contributed by atoms with van der Waals surface area (Å²) in [6.45, 7) is 2.67. The molecule has 1 aromatic carbocycles. The Morgan fingerprint density at radius 1 is 1.00 bits per heavy atom. The molecule has 27 heavy (non-hydrogen) atoms. The average Bonchev–Trinajstić information content (AvgIpc) is 3.47. The average molecular weight is 366 g/mol. The van der Waals surface area contributed by atoms with Crippen LogP contribution in [0.1, 0.15) is 66.4 Å². The first-order valence-electron chi connectivity index (χ1n) is 9.90. The summed E-state index contributed by atoms with van der Waals surface area (Å²) < 4.78 is 5.84. The van der Waals surface area contributed by atoms with Crippen LogP contribution < -0.4 is 5.32 Å². The molecule has 2 aromatic rings. The smallest absolute Gasteiger partial charge is 0.254 e. The molecule has 0 bridgehead atoms. The maximum Gasteiger partial charge on any atom is 0.254 e.